The Morgan fingerprint density at radius 1 is 1.38 bits per heavy atom. The van der Waals surface area contributed by atoms with Crippen LogP contribution in [0.25, 0.3) is 0 Å². The highest BCUT2D eigenvalue weighted by Gasteiger charge is 2.27. The number of hydrogen-bond donors (Lipinski definition) is 2. The van der Waals surface area contributed by atoms with Crippen molar-refractivity contribution in [3.63, 3.8) is 0 Å². The molecule has 2 rings (SSSR count). The fraction of sp³-hybridized carbons (Fsp3) is 0.556. The van der Waals surface area contributed by atoms with Gasteiger partial charge >= 0.3 is 0 Å². The zero-order valence-corrected chi connectivity index (χ0v) is 16.6. The van der Waals surface area contributed by atoms with Crippen LogP contribution in [0.3, 0.4) is 0 Å². The maximum Gasteiger partial charge on any atom is 0.260 e. The number of nitrogens with one attached hydrogen (secondary N) is 1. The maximum atomic E-state index is 12.6. The van der Waals surface area contributed by atoms with Gasteiger partial charge in [-0.15, -0.1) is 12.4 Å². The third-order valence-corrected chi connectivity index (χ3v) is 4.58. The lowest BCUT2D eigenvalue weighted by Gasteiger charge is -2.35. The first-order chi connectivity index (χ1) is 12.0. The molecule has 1 fully saturated rings. The first kappa shape index (κ1) is 22.5. The number of carbonyl (C=O) groups excluding carboxylic acids is 2. The third kappa shape index (κ3) is 6.67. The van der Waals surface area contributed by atoms with Crippen molar-refractivity contribution in [1.29, 1.82) is 0 Å². The lowest BCUT2D eigenvalue weighted by atomic mass is 10.0. The molecule has 0 saturated carbocycles. The van der Waals surface area contributed by atoms with Crippen LogP contribution >= 0.6 is 24.0 Å². The number of benzene rings is 1. The van der Waals surface area contributed by atoms with E-state index in [1.807, 2.05) is 11.8 Å². The summed E-state index contributed by atoms with van der Waals surface area (Å²) >= 11 is 5.93. The molecule has 0 aliphatic carbocycles. The Hall–Kier alpha value is -1.50. The number of nitrogens with zero attached hydrogens (tertiary/aromatic N) is 1. The summed E-state index contributed by atoms with van der Waals surface area (Å²) in [6, 6.07) is 5.33. The lowest BCUT2D eigenvalue weighted by molar-refractivity contribution is -0.137. The van der Waals surface area contributed by atoms with Gasteiger partial charge in [-0.25, -0.2) is 0 Å². The van der Waals surface area contributed by atoms with Gasteiger partial charge in [0.25, 0.3) is 5.91 Å². The summed E-state index contributed by atoms with van der Waals surface area (Å²) in [5.41, 5.74) is 6.27. The van der Waals surface area contributed by atoms with E-state index >= 15 is 0 Å². The van der Waals surface area contributed by atoms with Crippen molar-refractivity contribution in [3.05, 3.63) is 28.8 Å². The predicted octanol–water partition coefficient (Wildman–Crippen LogP) is 2.30. The molecule has 1 aromatic carbocycles. The number of halogens is 2. The number of amides is 2. The lowest BCUT2D eigenvalue weighted by Crippen LogP contribution is -2.50. The van der Waals surface area contributed by atoms with E-state index in [4.69, 9.17) is 22.1 Å². The van der Waals surface area contributed by atoms with Gasteiger partial charge in [0, 0.05) is 37.1 Å². The first-order valence-corrected chi connectivity index (χ1v) is 9.04. The van der Waals surface area contributed by atoms with E-state index in [1.54, 1.807) is 18.2 Å². The molecule has 8 heteroatoms. The molecule has 1 heterocycles. The fourth-order valence-electron chi connectivity index (χ4n) is 2.99. The topological polar surface area (TPSA) is 84.7 Å². The fourth-order valence-corrected chi connectivity index (χ4v) is 3.22. The van der Waals surface area contributed by atoms with Crippen molar-refractivity contribution in [2.24, 2.45) is 5.73 Å². The molecule has 1 aliphatic heterocycles. The number of nitrogens with two attached hydrogens (primary N) is 1. The van der Waals surface area contributed by atoms with Crippen LogP contribution in [0.1, 0.15) is 31.2 Å². The average Bonchev–Trinajstić information content (AvgIpc) is 2.59. The van der Waals surface area contributed by atoms with Gasteiger partial charge < -0.3 is 20.7 Å². The second kappa shape index (κ2) is 11.3. The van der Waals surface area contributed by atoms with Gasteiger partial charge in [-0.3, -0.25) is 9.59 Å². The van der Waals surface area contributed by atoms with Crippen LogP contribution in [0, 0.1) is 6.92 Å². The first-order valence-electron chi connectivity index (χ1n) is 8.66. The number of hydrogen-bond acceptors (Lipinski definition) is 4. The Labute approximate surface area is 165 Å². The Bertz CT molecular complexity index is 613. The van der Waals surface area contributed by atoms with Crippen LogP contribution in [0.2, 0.25) is 5.02 Å². The number of carbonyl (C=O) groups is 2. The predicted molar refractivity (Wildman–Crippen MR) is 105 cm³/mol. The SMILES string of the molecule is Cc1cc(Cl)ccc1OCC(=O)N1CCCCC1CNC(=O)CCN.Cl. The Morgan fingerprint density at radius 2 is 2.15 bits per heavy atom. The van der Waals surface area contributed by atoms with E-state index in [0.29, 0.717) is 36.8 Å². The van der Waals surface area contributed by atoms with E-state index in [9.17, 15) is 9.59 Å². The second-order valence-electron chi connectivity index (χ2n) is 6.28. The monoisotopic (exact) mass is 403 g/mol. The highest BCUT2D eigenvalue weighted by Crippen LogP contribution is 2.22. The molecular weight excluding hydrogens is 377 g/mol. The molecule has 1 unspecified atom stereocenters. The molecule has 0 bridgehead atoms. The van der Waals surface area contributed by atoms with Crippen LogP contribution in [-0.2, 0) is 9.59 Å². The summed E-state index contributed by atoms with van der Waals surface area (Å²) in [7, 11) is 0. The third-order valence-electron chi connectivity index (χ3n) is 4.34. The minimum Gasteiger partial charge on any atom is -0.483 e. The molecule has 2 amide bonds. The van der Waals surface area contributed by atoms with Gasteiger partial charge in [0.1, 0.15) is 5.75 Å². The van der Waals surface area contributed by atoms with E-state index in [0.717, 1.165) is 24.8 Å². The van der Waals surface area contributed by atoms with Crippen LogP contribution in [0.15, 0.2) is 18.2 Å². The number of likely N-dealkylation sites (tertiary alicyclic amines) is 1. The largest absolute Gasteiger partial charge is 0.483 e. The Morgan fingerprint density at radius 3 is 2.85 bits per heavy atom. The molecule has 1 atom stereocenters. The van der Waals surface area contributed by atoms with Crippen LogP contribution in [-0.4, -0.2) is 49.0 Å². The van der Waals surface area contributed by atoms with E-state index in [1.165, 1.54) is 0 Å². The number of ether oxygens (including phenoxy) is 1. The van der Waals surface area contributed by atoms with Crippen molar-refractivity contribution in [2.45, 2.75) is 38.6 Å². The van der Waals surface area contributed by atoms with Gasteiger partial charge in [0.2, 0.25) is 5.91 Å². The van der Waals surface area contributed by atoms with Gasteiger partial charge in [0.15, 0.2) is 6.61 Å². The van der Waals surface area contributed by atoms with Crippen LogP contribution in [0.4, 0.5) is 0 Å². The van der Waals surface area contributed by atoms with Crippen molar-refractivity contribution in [2.75, 3.05) is 26.2 Å². The van der Waals surface area contributed by atoms with Gasteiger partial charge in [-0.1, -0.05) is 11.6 Å². The normalized spacial score (nSPS) is 16.6. The minimum atomic E-state index is -0.0755. The van der Waals surface area contributed by atoms with Gasteiger partial charge in [0.05, 0.1) is 0 Å². The summed E-state index contributed by atoms with van der Waals surface area (Å²) in [5, 5.41) is 3.50. The highest BCUT2D eigenvalue weighted by molar-refractivity contribution is 6.30. The number of rotatable bonds is 7. The summed E-state index contributed by atoms with van der Waals surface area (Å²) in [6.45, 7) is 3.36. The molecule has 1 aliphatic rings. The van der Waals surface area contributed by atoms with Gasteiger partial charge in [-0.05, 0) is 49.9 Å². The van der Waals surface area contributed by atoms with Crippen molar-refractivity contribution >= 4 is 35.8 Å². The number of aryl methyl sites for hydroxylation is 1. The zero-order valence-electron chi connectivity index (χ0n) is 15.0. The Kier molecular flexibility index (Phi) is 9.76. The standard InChI is InChI=1S/C18H26ClN3O3.ClH/c1-13-10-14(19)5-6-16(13)25-12-18(24)22-9-3-2-4-15(22)11-21-17(23)7-8-20;/h5-6,10,15H,2-4,7-9,11-12,20H2,1H3,(H,21,23);1H. The molecule has 0 radical (unpaired) electrons. The molecular formula is C18H27Cl2N3O3. The number of piperidine rings is 1. The van der Waals surface area contributed by atoms with E-state index < -0.39 is 0 Å². The molecule has 3 N–H and O–H groups in total. The second-order valence-corrected chi connectivity index (χ2v) is 6.71. The zero-order chi connectivity index (χ0) is 18.2. The van der Waals surface area contributed by atoms with Crippen LogP contribution < -0.4 is 15.8 Å². The van der Waals surface area contributed by atoms with Gasteiger partial charge in [-0.2, -0.15) is 0 Å². The quantitative estimate of drug-likeness (QED) is 0.731. The summed E-state index contributed by atoms with van der Waals surface area (Å²) in [5.74, 6) is 0.517. The minimum absolute atomic E-state index is 0. The smallest absolute Gasteiger partial charge is 0.260 e. The van der Waals surface area contributed by atoms with Crippen molar-refractivity contribution < 1.29 is 14.3 Å². The van der Waals surface area contributed by atoms with Crippen molar-refractivity contribution in [3.8, 4) is 5.75 Å². The van der Waals surface area contributed by atoms with E-state index in [2.05, 4.69) is 5.32 Å². The molecule has 1 saturated heterocycles. The van der Waals surface area contributed by atoms with Crippen LogP contribution in [0.5, 0.6) is 5.75 Å². The molecule has 0 spiro atoms. The summed E-state index contributed by atoms with van der Waals surface area (Å²) in [6.07, 6.45) is 3.21. The maximum absolute atomic E-state index is 12.6. The Balaban J connectivity index is 0.00000338. The molecule has 1 aromatic rings. The van der Waals surface area contributed by atoms with Crippen molar-refractivity contribution in [1.82, 2.24) is 10.2 Å². The summed E-state index contributed by atoms with van der Waals surface area (Å²) in [4.78, 5) is 26.0. The highest BCUT2D eigenvalue weighted by atomic mass is 35.5. The van der Waals surface area contributed by atoms with E-state index in [-0.39, 0.29) is 36.9 Å². The molecule has 0 aromatic heterocycles. The molecule has 146 valence electrons. The summed E-state index contributed by atoms with van der Waals surface area (Å²) < 4.78 is 5.67. The molecule has 26 heavy (non-hydrogen) atoms. The molecule has 6 nitrogen and oxygen atoms in total. The average molecular weight is 404 g/mol.